The Morgan fingerprint density at radius 3 is 2.78 bits per heavy atom. The molecular formula is C16H12O7. The number of rotatable bonds is 4. The van der Waals surface area contributed by atoms with Gasteiger partial charge in [-0.05, 0) is 12.1 Å². The average Bonchev–Trinajstić information content (AvgIpc) is 2.52. The predicted molar refractivity (Wildman–Crippen MR) is 81.3 cm³/mol. The van der Waals surface area contributed by atoms with Gasteiger partial charge in [-0.25, -0.2) is 4.79 Å². The number of hydrogen-bond acceptors (Lipinski definition) is 6. The van der Waals surface area contributed by atoms with Crippen LogP contribution in [0.1, 0.15) is 0 Å². The second-order valence-electron chi connectivity index (χ2n) is 4.77. The van der Waals surface area contributed by atoms with Crippen LogP contribution in [0.15, 0.2) is 39.5 Å². The molecule has 0 aliphatic heterocycles. The minimum absolute atomic E-state index is 0.00609. The highest BCUT2D eigenvalue weighted by atomic mass is 16.5. The van der Waals surface area contributed by atoms with Gasteiger partial charge in [-0.1, -0.05) is 6.07 Å². The molecule has 23 heavy (non-hydrogen) atoms. The maximum Gasteiger partial charge on any atom is 0.341 e. The molecule has 3 aromatic rings. The van der Waals surface area contributed by atoms with Gasteiger partial charge in [-0.15, -0.1) is 0 Å². The predicted octanol–water partition coefficient (Wildman–Crippen LogP) is 2.12. The Labute approximate surface area is 129 Å². The van der Waals surface area contributed by atoms with E-state index in [1.54, 1.807) is 18.2 Å². The van der Waals surface area contributed by atoms with Crippen LogP contribution in [0.3, 0.4) is 0 Å². The van der Waals surface area contributed by atoms with Crippen molar-refractivity contribution in [2.75, 3.05) is 13.7 Å². The summed E-state index contributed by atoms with van der Waals surface area (Å²) in [6.07, 6.45) is 0. The molecule has 0 atom stereocenters. The summed E-state index contributed by atoms with van der Waals surface area (Å²) in [5.41, 5.74) is -0.0999. The molecule has 0 radical (unpaired) electrons. The summed E-state index contributed by atoms with van der Waals surface area (Å²) in [4.78, 5) is 23.1. The van der Waals surface area contributed by atoms with Gasteiger partial charge in [0.1, 0.15) is 22.5 Å². The summed E-state index contributed by atoms with van der Waals surface area (Å²) in [5, 5.41) is 19.0. The van der Waals surface area contributed by atoms with Crippen LogP contribution in [0.5, 0.6) is 17.2 Å². The van der Waals surface area contributed by atoms with Crippen LogP contribution in [0, 0.1) is 0 Å². The molecule has 0 spiro atoms. The van der Waals surface area contributed by atoms with Crippen LogP contribution < -0.4 is 14.9 Å². The Kier molecular flexibility index (Phi) is 3.53. The fourth-order valence-corrected chi connectivity index (χ4v) is 2.32. The van der Waals surface area contributed by atoms with E-state index < -0.39 is 18.0 Å². The lowest BCUT2D eigenvalue weighted by molar-refractivity contribution is -0.139. The van der Waals surface area contributed by atoms with E-state index in [0.717, 1.165) is 0 Å². The van der Waals surface area contributed by atoms with Crippen molar-refractivity contribution in [3.05, 3.63) is 40.6 Å². The topological polar surface area (TPSA) is 106 Å². The average molecular weight is 316 g/mol. The van der Waals surface area contributed by atoms with Crippen molar-refractivity contribution >= 4 is 27.9 Å². The molecule has 1 aromatic heterocycles. The zero-order valence-electron chi connectivity index (χ0n) is 12.0. The van der Waals surface area contributed by atoms with Gasteiger partial charge in [0.2, 0.25) is 5.43 Å². The monoisotopic (exact) mass is 316 g/mol. The first-order valence-electron chi connectivity index (χ1n) is 6.62. The summed E-state index contributed by atoms with van der Waals surface area (Å²) in [7, 11) is 1.45. The van der Waals surface area contributed by atoms with E-state index in [4.69, 9.17) is 19.0 Å². The number of carbonyl (C=O) groups is 1. The summed E-state index contributed by atoms with van der Waals surface area (Å²) < 4.78 is 15.8. The van der Waals surface area contributed by atoms with Gasteiger partial charge in [-0.3, -0.25) is 4.79 Å². The number of phenolic OH excluding ortho intramolecular Hbond substituents is 1. The Hall–Kier alpha value is -3.22. The van der Waals surface area contributed by atoms with Crippen molar-refractivity contribution in [1.29, 1.82) is 0 Å². The van der Waals surface area contributed by atoms with Crippen LogP contribution >= 0.6 is 0 Å². The van der Waals surface area contributed by atoms with E-state index >= 15 is 0 Å². The number of benzene rings is 2. The Bertz CT molecular complexity index is 971. The lowest BCUT2D eigenvalue weighted by Crippen LogP contribution is -2.09. The summed E-state index contributed by atoms with van der Waals surface area (Å²) >= 11 is 0. The van der Waals surface area contributed by atoms with Gasteiger partial charge in [0, 0.05) is 12.1 Å². The summed E-state index contributed by atoms with van der Waals surface area (Å²) in [6, 6.07) is 7.38. The van der Waals surface area contributed by atoms with E-state index in [9.17, 15) is 14.7 Å². The van der Waals surface area contributed by atoms with E-state index in [0.29, 0.717) is 5.75 Å². The molecule has 0 fully saturated rings. The van der Waals surface area contributed by atoms with Gasteiger partial charge in [0.25, 0.3) is 0 Å². The van der Waals surface area contributed by atoms with Crippen molar-refractivity contribution in [3.8, 4) is 17.2 Å². The second kappa shape index (κ2) is 5.53. The molecule has 0 saturated heterocycles. The largest absolute Gasteiger partial charge is 0.507 e. The van der Waals surface area contributed by atoms with Crippen LogP contribution in [0.4, 0.5) is 0 Å². The van der Waals surface area contributed by atoms with Crippen molar-refractivity contribution in [1.82, 2.24) is 0 Å². The van der Waals surface area contributed by atoms with E-state index in [1.807, 2.05) is 0 Å². The molecule has 0 amide bonds. The van der Waals surface area contributed by atoms with Gasteiger partial charge in [0.15, 0.2) is 17.9 Å². The number of fused-ring (bicyclic) bond motifs is 2. The first kappa shape index (κ1) is 14.7. The highest BCUT2D eigenvalue weighted by Crippen LogP contribution is 2.33. The van der Waals surface area contributed by atoms with Crippen LogP contribution in [-0.2, 0) is 4.79 Å². The van der Waals surface area contributed by atoms with E-state index in [2.05, 4.69) is 0 Å². The number of methoxy groups -OCH3 is 1. The Morgan fingerprint density at radius 1 is 1.30 bits per heavy atom. The quantitative estimate of drug-likeness (QED) is 0.710. The fraction of sp³-hybridized carbons (Fsp3) is 0.125. The maximum atomic E-state index is 12.5. The third-order valence-corrected chi connectivity index (χ3v) is 3.30. The molecular weight excluding hydrogens is 304 g/mol. The Balaban J connectivity index is 2.29. The van der Waals surface area contributed by atoms with E-state index in [1.165, 1.54) is 19.2 Å². The smallest absolute Gasteiger partial charge is 0.341 e. The third kappa shape index (κ3) is 2.52. The SMILES string of the molecule is COc1cccc2c(=O)c3c(O)cc(OCC(=O)O)cc3oc12. The molecule has 0 saturated carbocycles. The lowest BCUT2D eigenvalue weighted by atomic mass is 10.1. The normalized spacial score (nSPS) is 10.8. The molecule has 0 aliphatic rings. The van der Waals surface area contributed by atoms with Crippen LogP contribution in [0.25, 0.3) is 21.9 Å². The van der Waals surface area contributed by atoms with Gasteiger partial charge < -0.3 is 24.1 Å². The van der Waals surface area contributed by atoms with Crippen molar-refractivity contribution in [2.45, 2.75) is 0 Å². The number of aliphatic carboxylic acids is 1. The number of aromatic hydroxyl groups is 1. The van der Waals surface area contributed by atoms with E-state index in [-0.39, 0.29) is 33.4 Å². The van der Waals surface area contributed by atoms with Gasteiger partial charge >= 0.3 is 5.97 Å². The third-order valence-electron chi connectivity index (χ3n) is 3.30. The molecule has 118 valence electrons. The highest BCUT2D eigenvalue weighted by molar-refractivity contribution is 5.95. The molecule has 0 bridgehead atoms. The van der Waals surface area contributed by atoms with Crippen molar-refractivity contribution in [2.24, 2.45) is 0 Å². The minimum Gasteiger partial charge on any atom is -0.507 e. The lowest BCUT2D eigenvalue weighted by Gasteiger charge is -2.09. The first-order chi connectivity index (χ1) is 11.0. The number of carboxylic acids is 1. The second-order valence-corrected chi connectivity index (χ2v) is 4.77. The zero-order chi connectivity index (χ0) is 16.6. The molecule has 0 aliphatic carbocycles. The minimum atomic E-state index is -1.16. The Morgan fingerprint density at radius 2 is 2.09 bits per heavy atom. The molecule has 7 heteroatoms. The first-order valence-corrected chi connectivity index (χ1v) is 6.62. The number of phenols is 1. The molecule has 3 rings (SSSR count). The molecule has 2 aromatic carbocycles. The van der Waals surface area contributed by atoms with Crippen molar-refractivity contribution in [3.63, 3.8) is 0 Å². The summed E-state index contributed by atoms with van der Waals surface area (Å²) in [6.45, 7) is -0.577. The van der Waals surface area contributed by atoms with Crippen LogP contribution in [0.2, 0.25) is 0 Å². The number of ether oxygens (including phenoxy) is 2. The van der Waals surface area contributed by atoms with Gasteiger partial charge in [0.05, 0.1) is 12.5 Å². The standard InChI is InChI=1S/C16H12O7/c1-21-11-4-2-3-9-15(20)14-10(17)5-8(22-7-13(18)19)6-12(14)23-16(9)11/h2-6,17H,7H2,1H3,(H,18,19). The molecule has 7 nitrogen and oxygen atoms in total. The highest BCUT2D eigenvalue weighted by Gasteiger charge is 2.16. The number of para-hydroxylation sites is 1. The number of hydrogen-bond donors (Lipinski definition) is 2. The fourth-order valence-electron chi connectivity index (χ4n) is 2.32. The molecule has 1 heterocycles. The van der Waals surface area contributed by atoms with Crippen molar-refractivity contribution < 1.29 is 28.9 Å². The molecule has 0 unspecified atom stereocenters. The molecule has 2 N–H and O–H groups in total. The number of carboxylic acid groups (broad SMARTS) is 1. The van der Waals surface area contributed by atoms with Crippen LogP contribution in [-0.4, -0.2) is 29.9 Å². The van der Waals surface area contributed by atoms with Gasteiger partial charge in [-0.2, -0.15) is 0 Å². The summed E-state index contributed by atoms with van der Waals surface area (Å²) in [5.74, 6) is -1.06. The zero-order valence-corrected chi connectivity index (χ0v) is 12.0. The maximum absolute atomic E-state index is 12.5.